The van der Waals surface area contributed by atoms with Crippen molar-refractivity contribution in [2.75, 3.05) is 13.7 Å². The Labute approximate surface area is 186 Å². The van der Waals surface area contributed by atoms with E-state index >= 15 is 0 Å². The van der Waals surface area contributed by atoms with Gasteiger partial charge in [-0.25, -0.2) is 9.79 Å². The highest BCUT2D eigenvalue weighted by atomic mass is 127. The number of nitro groups is 1. The molecule has 0 atom stereocenters. The third-order valence-corrected chi connectivity index (χ3v) is 5.05. The summed E-state index contributed by atoms with van der Waals surface area (Å²) in [4.78, 5) is 27.3. The predicted molar refractivity (Wildman–Crippen MR) is 120 cm³/mol. The molecule has 0 saturated carbocycles. The number of esters is 1. The molecular formula is C21H17IN2O6. The number of carbonyl (C=O) groups is 1. The number of cyclic esters (lactones) is 1. The van der Waals surface area contributed by atoms with Crippen LogP contribution < -0.4 is 9.47 Å². The van der Waals surface area contributed by atoms with E-state index < -0.39 is 10.9 Å². The molecule has 0 N–H and O–H groups in total. The quantitative estimate of drug-likeness (QED) is 0.134. The predicted octanol–water partition coefficient (Wildman–Crippen LogP) is 4.43. The van der Waals surface area contributed by atoms with Gasteiger partial charge in [0.05, 0.1) is 15.6 Å². The first kappa shape index (κ1) is 21.5. The van der Waals surface area contributed by atoms with Crippen LogP contribution in [0.2, 0.25) is 0 Å². The molecule has 0 aliphatic carbocycles. The zero-order valence-corrected chi connectivity index (χ0v) is 18.3. The van der Waals surface area contributed by atoms with Crippen LogP contribution >= 0.6 is 22.6 Å². The molecule has 2 aromatic carbocycles. The fraction of sp³-hybridized carbons (Fsp3) is 0.143. The monoisotopic (exact) mass is 520 g/mol. The van der Waals surface area contributed by atoms with Crippen LogP contribution in [0.25, 0.3) is 6.08 Å². The zero-order chi connectivity index (χ0) is 21.8. The summed E-state index contributed by atoms with van der Waals surface area (Å²) >= 11 is 2.11. The van der Waals surface area contributed by atoms with Gasteiger partial charge in [0, 0.05) is 17.2 Å². The third-order valence-electron chi connectivity index (χ3n) is 4.25. The number of nitro benzene ring substituents is 1. The Balaban J connectivity index is 1.99. The van der Waals surface area contributed by atoms with Crippen molar-refractivity contribution in [3.8, 4) is 11.5 Å². The molecule has 1 aliphatic heterocycles. The zero-order valence-electron chi connectivity index (χ0n) is 16.2. The lowest BCUT2D eigenvalue weighted by molar-refractivity contribution is -0.385. The number of nitrogens with zero attached hydrogens (tertiary/aromatic N) is 2. The van der Waals surface area contributed by atoms with Crippen LogP contribution in [0.1, 0.15) is 16.7 Å². The average molecular weight is 520 g/mol. The molecule has 2 aromatic rings. The number of rotatable bonds is 7. The Morgan fingerprint density at radius 1 is 1.37 bits per heavy atom. The summed E-state index contributed by atoms with van der Waals surface area (Å²) in [6.07, 6.45) is 3.19. The number of hydrogen-bond acceptors (Lipinski definition) is 7. The smallest absolute Gasteiger partial charge is 0.363 e. The fourth-order valence-electron chi connectivity index (χ4n) is 2.84. The highest BCUT2D eigenvalue weighted by Crippen LogP contribution is 2.35. The Bertz CT molecular complexity index is 1110. The highest BCUT2D eigenvalue weighted by Gasteiger charge is 2.27. The molecule has 30 heavy (non-hydrogen) atoms. The first-order chi connectivity index (χ1) is 14.3. The fourth-order valence-corrected chi connectivity index (χ4v) is 3.62. The van der Waals surface area contributed by atoms with Crippen LogP contribution in [0.5, 0.6) is 11.5 Å². The van der Waals surface area contributed by atoms with Crippen molar-refractivity contribution < 1.29 is 23.9 Å². The minimum Gasteiger partial charge on any atom is -0.493 e. The molecule has 0 unspecified atom stereocenters. The second-order valence-corrected chi connectivity index (χ2v) is 7.34. The van der Waals surface area contributed by atoms with Gasteiger partial charge in [-0.15, -0.1) is 0 Å². The standard InChI is InChI=1S/C21H17IN2O6/c1-4-8-29-19-15(22)9-13(11-18(19)28-3)10-16-21(25)30-20(23-16)14-6-5-7-17(12(14)2)24(26)27/h4-7,9-11H,1,8H2,2-3H3/b16-10-. The minimum atomic E-state index is -0.642. The lowest BCUT2D eigenvalue weighted by Gasteiger charge is -2.12. The van der Waals surface area contributed by atoms with Gasteiger partial charge in [-0.3, -0.25) is 10.1 Å². The van der Waals surface area contributed by atoms with Gasteiger partial charge >= 0.3 is 5.97 Å². The van der Waals surface area contributed by atoms with Gasteiger partial charge in [0.2, 0.25) is 5.90 Å². The van der Waals surface area contributed by atoms with Crippen LogP contribution in [0.4, 0.5) is 5.69 Å². The number of methoxy groups -OCH3 is 1. The number of aliphatic imine (C=N–C) groups is 1. The summed E-state index contributed by atoms with van der Waals surface area (Å²) in [5, 5.41) is 11.2. The van der Waals surface area contributed by atoms with E-state index in [-0.39, 0.29) is 17.3 Å². The van der Waals surface area contributed by atoms with Crippen molar-refractivity contribution in [1.82, 2.24) is 0 Å². The van der Waals surface area contributed by atoms with Crippen LogP contribution in [-0.2, 0) is 9.53 Å². The summed E-state index contributed by atoms with van der Waals surface area (Å²) in [7, 11) is 1.52. The molecule has 0 radical (unpaired) electrons. The van der Waals surface area contributed by atoms with E-state index in [1.165, 1.54) is 19.2 Å². The number of hydrogen-bond donors (Lipinski definition) is 0. The van der Waals surface area contributed by atoms with Gasteiger partial charge in [-0.1, -0.05) is 18.7 Å². The number of halogens is 1. The Hall–Kier alpha value is -3.21. The summed E-state index contributed by atoms with van der Waals surface area (Å²) < 4.78 is 17.1. The Morgan fingerprint density at radius 2 is 2.13 bits per heavy atom. The van der Waals surface area contributed by atoms with E-state index in [0.29, 0.717) is 34.8 Å². The van der Waals surface area contributed by atoms with E-state index in [1.807, 2.05) is 6.07 Å². The van der Waals surface area contributed by atoms with Gasteiger partial charge in [-0.2, -0.15) is 0 Å². The molecule has 8 nitrogen and oxygen atoms in total. The van der Waals surface area contributed by atoms with Crippen molar-refractivity contribution in [2.45, 2.75) is 6.92 Å². The van der Waals surface area contributed by atoms with Crippen molar-refractivity contribution >= 4 is 46.2 Å². The molecule has 154 valence electrons. The van der Waals surface area contributed by atoms with Crippen LogP contribution in [-0.4, -0.2) is 30.5 Å². The molecule has 9 heteroatoms. The number of carbonyl (C=O) groups excluding carboxylic acids is 1. The Morgan fingerprint density at radius 3 is 2.80 bits per heavy atom. The summed E-state index contributed by atoms with van der Waals surface area (Å²) in [5.41, 5.74) is 1.43. The van der Waals surface area contributed by atoms with Gasteiger partial charge in [0.1, 0.15) is 6.61 Å². The maximum absolute atomic E-state index is 12.3. The van der Waals surface area contributed by atoms with E-state index in [1.54, 1.807) is 31.2 Å². The van der Waals surface area contributed by atoms with Crippen LogP contribution in [0.3, 0.4) is 0 Å². The normalized spacial score (nSPS) is 14.3. The molecule has 0 amide bonds. The molecule has 0 saturated heterocycles. The molecule has 0 fully saturated rings. The average Bonchev–Trinajstić information content (AvgIpc) is 3.06. The number of benzene rings is 2. The second kappa shape index (κ2) is 9.08. The first-order valence-electron chi connectivity index (χ1n) is 8.74. The lowest BCUT2D eigenvalue weighted by atomic mass is 10.1. The van der Waals surface area contributed by atoms with Crippen LogP contribution in [0, 0.1) is 20.6 Å². The summed E-state index contributed by atoms with van der Waals surface area (Å²) in [6.45, 7) is 5.54. The van der Waals surface area contributed by atoms with Gasteiger partial charge in [-0.05, 0) is 59.4 Å². The third kappa shape index (κ3) is 4.35. The van der Waals surface area contributed by atoms with Crippen LogP contribution in [0.15, 0.2) is 53.7 Å². The molecule has 3 rings (SSSR count). The molecule has 0 bridgehead atoms. The first-order valence-corrected chi connectivity index (χ1v) is 9.81. The Kier molecular flexibility index (Phi) is 6.50. The minimum absolute atomic E-state index is 0.0278. The molecular weight excluding hydrogens is 503 g/mol. The van der Waals surface area contributed by atoms with E-state index in [9.17, 15) is 14.9 Å². The topological polar surface area (TPSA) is 100 Å². The molecule has 1 aliphatic rings. The van der Waals surface area contributed by atoms with Crippen molar-refractivity contribution in [3.63, 3.8) is 0 Å². The van der Waals surface area contributed by atoms with Crippen molar-refractivity contribution in [3.05, 3.63) is 79.1 Å². The van der Waals surface area contributed by atoms with E-state index in [4.69, 9.17) is 14.2 Å². The van der Waals surface area contributed by atoms with Gasteiger partial charge in [0.15, 0.2) is 17.2 Å². The van der Waals surface area contributed by atoms with E-state index in [2.05, 4.69) is 34.2 Å². The molecule has 0 spiro atoms. The SMILES string of the molecule is C=CCOc1c(I)cc(/C=C2\N=C(c3cccc([N+](=O)[O-])c3C)OC2=O)cc1OC. The maximum atomic E-state index is 12.3. The number of ether oxygens (including phenoxy) is 3. The van der Waals surface area contributed by atoms with Gasteiger partial charge in [0.25, 0.3) is 5.69 Å². The van der Waals surface area contributed by atoms with Crippen molar-refractivity contribution in [2.24, 2.45) is 4.99 Å². The maximum Gasteiger partial charge on any atom is 0.363 e. The summed E-state index contributed by atoms with van der Waals surface area (Å²) in [5.74, 6) is 0.461. The van der Waals surface area contributed by atoms with Gasteiger partial charge < -0.3 is 14.2 Å². The van der Waals surface area contributed by atoms with E-state index in [0.717, 1.165) is 3.57 Å². The second-order valence-electron chi connectivity index (χ2n) is 6.18. The molecule has 0 aromatic heterocycles. The highest BCUT2D eigenvalue weighted by molar-refractivity contribution is 14.1. The molecule has 1 heterocycles. The van der Waals surface area contributed by atoms with Crippen molar-refractivity contribution in [1.29, 1.82) is 0 Å². The lowest BCUT2D eigenvalue weighted by Crippen LogP contribution is -2.08. The summed E-state index contributed by atoms with van der Waals surface area (Å²) in [6, 6.07) is 8.06. The largest absolute Gasteiger partial charge is 0.493 e.